The predicted octanol–water partition coefficient (Wildman–Crippen LogP) is 8.47. The van der Waals surface area contributed by atoms with Gasteiger partial charge in [-0.25, -0.2) is 0 Å². The van der Waals surface area contributed by atoms with E-state index in [2.05, 4.69) is 27.7 Å². The zero-order valence-corrected chi connectivity index (χ0v) is 24.4. The van der Waals surface area contributed by atoms with Gasteiger partial charge in [-0.2, -0.15) is 0 Å². The van der Waals surface area contributed by atoms with E-state index in [-0.39, 0.29) is 10.8 Å². The van der Waals surface area contributed by atoms with E-state index < -0.39 is 0 Å². The summed E-state index contributed by atoms with van der Waals surface area (Å²) in [7, 11) is 0. The molecule has 0 fully saturated rings. The molecule has 0 heterocycles. The Morgan fingerprint density at radius 1 is 0.462 bits per heavy atom. The Morgan fingerprint density at radius 2 is 0.718 bits per heavy atom. The number of hydrogen-bond donors (Lipinski definition) is 4. The van der Waals surface area contributed by atoms with Crippen LogP contribution in [0.25, 0.3) is 0 Å². The van der Waals surface area contributed by atoms with E-state index in [1.165, 1.54) is 11.1 Å². The molecule has 0 aliphatic heterocycles. The zero-order chi connectivity index (χ0) is 29.1. The fraction of sp³-hybridized carbons (Fsp3) is 0.314. The van der Waals surface area contributed by atoms with Crippen molar-refractivity contribution >= 4 is 0 Å². The number of aryl methyl sites for hydroxylation is 4. The molecule has 4 aromatic rings. The van der Waals surface area contributed by atoms with Gasteiger partial charge >= 0.3 is 0 Å². The highest BCUT2D eigenvalue weighted by atomic mass is 16.3. The number of hydrogen-bond acceptors (Lipinski definition) is 4. The van der Waals surface area contributed by atoms with Crippen LogP contribution in [0, 0.1) is 27.7 Å². The van der Waals surface area contributed by atoms with Gasteiger partial charge in [0.1, 0.15) is 23.0 Å². The maximum atomic E-state index is 9.70. The van der Waals surface area contributed by atoms with Gasteiger partial charge in [0, 0.05) is 10.8 Å². The molecule has 0 aliphatic carbocycles. The van der Waals surface area contributed by atoms with Crippen LogP contribution in [0.15, 0.2) is 72.8 Å². The highest BCUT2D eigenvalue weighted by molar-refractivity contribution is 5.48. The molecule has 0 radical (unpaired) electrons. The standard InChI is InChI=1S/C18H22O2.C17H20O2/c1-5-18(4,14-6-8-16(19)12(2)10-14)15-7-9-17(20)13(3)11-15;1-11-9-13(5-7-15(11)18)17(3,4)14-6-8-16(19)12(2)10-14/h6-11,19-20H,5H2,1-4H3;5-10,18-19H,1-4H3. The quantitative estimate of drug-likeness (QED) is 0.210. The number of aromatic hydroxyl groups is 4. The summed E-state index contributed by atoms with van der Waals surface area (Å²) in [6.45, 7) is 16.3. The number of phenolic OH excluding ortho intramolecular Hbond substituents is 4. The summed E-state index contributed by atoms with van der Waals surface area (Å²) < 4.78 is 0. The van der Waals surface area contributed by atoms with Gasteiger partial charge in [-0.05, 0) is 103 Å². The second-order valence-electron chi connectivity index (χ2n) is 11.3. The maximum absolute atomic E-state index is 9.70. The van der Waals surface area contributed by atoms with Crippen LogP contribution < -0.4 is 0 Å². The summed E-state index contributed by atoms with van der Waals surface area (Å²) >= 11 is 0. The van der Waals surface area contributed by atoms with Gasteiger partial charge in [-0.3, -0.25) is 0 Å². The monoisotopic (exact) mass is 526 g/mol. The van der Waals surface area contributed by atoms with E-state index in [0.717, 1.165) is 39.8 Å². The van der Waals surface area contributed by atoms with E-state index >= 15 is 0 Å². The van der Waals surface area contributed by atoms with Crippen LogP contribution in [-0.4, -0.2) is 20.4 Å². The van der Waals surface area contributed by atoms with Crippen LogP contribution >= 0.6 is 0 Å². The maximum Gasteiger partial charge on any atom is 0.118 e. The first-order chi connectivity index (χ1) is 18.2. The number of benzene rings is 4. The lowest BCUT2D eigenvalue weighted by Crippen LogP contribution is -2.22. The van der Waals surface area contributed by atoms with Gasteiger partial charge in [-0.1, -0.05) is 76.2 Å². The van der Waals surface area contributed by atoms with E-state index in [9.17, 15) is 20.4 Å². The van der Waals surface area contributed by atoms with Crippen LogP contribution in [0.1, 0.15) is 78.6 Å². The Bertz CT molecular complexity index is 1360. The Morgan fingerprint density at radius 3 is 0.974 bits per heavy atom. The average molecular weight is 527 g/mol. The number of phenols is 4. The van der Waals surface area contributed by atoms with Gasteiger partial charge < -0.3 is 20.4 Å². The molecule has 0 atom stereocenters. The minimum atomic E-state index is -0.170. The lowest BCUT2D eigenvalue weighted by molar-refractivity contribution is 0.467. The van der Waals surface area contributed by atoms with Gasteiger partial charge in [-0.15, -0.1) is 0 Å². The molecule has 0 unspecified atom stereocenters. The van der Waals surface area contributed by atoms with Crippen molar-refractivity contribution in [3.63, 3.8) is 0 Å². The van der Waals surface area contributed by atoms with Crippen LogP contribution in [0.4, 0.5) is 0 Å². The van der Waals surface area contributed by atoms with Gasteiger partial charge in [0.15, 0.2) is 0 Å². The molecule has 39 heavy (non-hydrogen) atoms. The zero-order valence-electron chi connectivity index (χ0n) is 24.4. The molecule has 4 rings (SSSR count). The highest BCUT2D eigenvalue weighted by Gasteiger charge is 2.28. The van der Waals surface area contributed by atoms with Crippen molar-refractivity contribution in [2.75, 3.05) is 0 Å². The second-order valence-corrected chi connectivity index (χ2v) is 11.3. The van der Waals surface area contributed by atoms with Crippen LogP contribution in [0.3, 0.4) is 0 Å². The van der Waals surface area contributed by atoms with Crippen molar-refractivity contribution in [2.24, 2.45) is 0 Å². The molecule has 0 bridgehead atoms. The van der Waals surface area contributed by atoms with Crippen LogP contribution in [0.2, 0.25) is 0 Å². The largest absolute Gasteiger partial charge is 0.508 e. The van der Waals surface area contributed by atoms with Crippen molar-refractivity contribution in [3.8, 4) is 23.0 Å². The third kappa shape index (κ3) is 6.22. The van der Waals surface area contributed by atoms with Crippen LogP contribution in [0.5, 0.6) is 23.0 Å². The summed E-state index contributed by atoms with van der Waals surface area (Å²) in [5, 5.41) is 38.7. The van der Waals surface area contributed by atoms with Gasteiger partial charge in [0.05, 0.1) is 0 Å². The van der Waals surface area contributed by atoms with E-state index in [0.29, 0.717) is 23.0 Å². The Kier molecular flexibility index (Phi) is 8.70. The second kappa shape index (κ2) is 11.4. The molecule has 0 aliphatic rings. The lowest BCUT2D eigenvalue weighted by Gasteiger charge is -2.30. The summed E-state index contributed by atoms with van der Waals surface area (Å²) in [4.78, 5) is 0. The molecule has 4 heteroatoms. The van der Waals surface area contributed by atoms with Gasteiger partial charge in [0.2, 0.25) is 0 Å². The predicted molar refractivity (Wildman–Crippen MR) is 160 cm³/mol. The first kappa shape index (κ1) is 29.6. The normalized spacial score (nSPS) is 11.6. The molecule has 4 N–H and O–H groups in total. The summed E-state index contributed by atoms with van der Waals surface area (Å²) in [6.07, 6.45) is 0.946. The van der Waals surface area contributed by atoms with Crippen molar-refractivity contribution in [2.45, 2.75) is 72.6 Å². The van der Waals surface area contributed by atoms with E-state index in [1.807, 2.05) is 76.2 Å². The first-order valence-corrected chi connectivity index (χ1v) is 13.4. The van der Waals surface area contributed by atoms with E-state index in [4.69, 9.17) is 0 Å². The third-order valence-corrected chi connectivity index (χ3v) is 8.21. The van der Waals surface area contributed by atoms with Crippen molar-refractivity contribution in [1.82, 2.24) is 0 Å². The molecule has 4 aromatic carbocycles. The molecule has 0 amide bonds. The Labute approximate surface area is 233 Å². The molecule has 0 aromatic heterocycles. The molecule has 0 spiro atoms. The topological polar surface area (TPSA) is 80.9 Å². The Hall–Kier alpha value is -3.92. The summed E-state index contributed by atoms with van der Waals surface area (Å²) in [6, 6.07) is 22.9. The summed E-state index contributed by atoms with van der Waals surface area (Å²) in [5.74, 6) is 1.30. The van der Waals surface area contributed by atoms with Crippen molar-refractivity contribution in [1.29, 1.82) is 0 Å². The van der Waals surface area contributed by atoms with Crippen molar-refractivity contribution < 1.29 is 20.4 Å². The van der Waals surface area contributed by atoms with Crippen molar-refractivity contribution in [3.05, 3.63) is 117 Å². The fourth-order valence-corrected chi connectivity index (χ4v) is 4.83. The molecular formula is C35H42O4. The van der Waals surface area contributed by atoms with E-state index in [1.54, 1.807) is 24.3 Å². The molecular weight excluding hydrogens is 484 g/mol. The average Bonchev–Trinajstić information content (AvgIpc) is 2.90. The third-order valence-electron chi connectivity index (χ3n) is 8.21. The molecule has 206 valence electrons. The minimum Gasteiger partial charge on any atom is -0.508 e. The molecule has 4 nitrogen and oxygen atoms in total. The van der Waals surface area contributed by atoms with Crippen LogP contribution in [-0.2, 0) is 10.8 Å². The highest BCUT2D eigenvalue weighted by Crippen LogP contribution is 2.38. The lowest BCUT2D eigenvalue weighted by atomic mass is 9.73. The SMILES string of the molecule is CCC(C)(c1ccc(O)c(C)c1)c1ccc(O)c(C)c1.Cc1cc(C(C)(C)c2ccc(O)c(C)c2)ccc1O. The fourth-order valence-electron chi connectivity index (χ4n) is 4.83. The Balaban J connectivity index is 0.000000216. The molecule has 0 saturated carbocycles. The molecule has 0 saturated heterocycles. The number of rotatable bonds is 5. The summed E-state index contributed by atoms with van der Waals surface area (Å²) in [5.41, 5.74) is 7.88. The first-order valence-electron chi connectivity index (χ1n) is 13.4. The van der Waals surface area contributed by atoms with Gasteiger partial charge in [0.25, 0.3) is 0 Å². The minimum absolute atomic E-state index is 0.128. The smallest absolute Gasteiger partial charge is 0.118 e.